The Balaban J connectivity index is 1.81. The van der Waals surface area contributed by atoms with Gasteiger partial charge in [-0.15, -0.1) is 0 Å². The van der Waals surface area contributed by atoms with Gasteiger partial charge in [0.25, 0.3) is 5.91 Å². The Morgan fingerprint density at radius 1 is 1.23 bits per heavy atom. The second-order valence-corrected chi connectivity index (χ2v) is 8.27. The standard InChI is InChI=1S/C20H20FN5O4S/c1-12-8-15(6-7-17(12)30-31(2,28)29)25-20-24-11-16(18(22)27)19(26-20)23-10-13-4-3-5-14(21)9-13/h3-9,11H,10H2,1-2H3,(H2,22,27)(H2,23,24,25,26). The minimum Gasteiger partial charge on any atom is -0.382 e. The van der Waals surface area contributed by atoms with Crippen molar-refractivity contribution >= 4 is 33.5 Å². The zero-order chi connectivity index (χ0) is 22.6. The predicted octanol–water partition coefficient (Wildman–Crippen LogP) is 2.72. The molecule has 11 heteroatoms. The molecule has 9 nitrogen and oxygen atoms in total. The molecule has 3 aromatic rings. The molecule has 0 atom stereocenters. The second-order valence-electron chi connectivity index (χ2n) is 6.70. The Bertz CT molecular complexity index is 1230. The molecule has 0 fully saturated rings. The number of carbonyl (C=O) groups is 1. The first kappa shape index (κ1) is 22.0. The van der Waals surface area contributed by atoms with Crippen molar-refractivity contribution in [2.75, 3.05) is 16.9 Å². The lowest BCUT2D eigenvalue weighted by Crippen LogP contribution is -2.17. The van der Waals surface area contributed by atoms with Crippen LogP contribution in [-0.4, -0.2) is 30.5 Å². The average Bonchev–Trinajstić information content (AvgIpc) is 2.67. The van der Waals surface area contributed by atoms with Crippen molar-refractivity contribution in [3.8, 4) is 5.75 Å². The highest BCUT2D eigenvalue weighted by molar-refractivity contribution is 7.86. The number of hydrogen-bond donors (Lipinski definition) is 3. The molecule has 4 N–H and O–H groups in total. The van der Waals surface area contributed by atoms with Crippen molar-refractivity contribution in [3.63, 3.8) is 0 Å². The maximum absolute atomic E-state index is 13.4. The van der Waals surface area contributed by atoms with E-state index in [1.807, 2.05) is 0 Å². The van der Waals surface area contributed by atoms with Gasteiger partial charge in [0.05, 0.1) is 11.8 Å². The number of primary amides is 1. The van der Waals surface area contributed by atoms with Gasteiger partial charge in [0, 0.05) is 18.4 Å². The number of anilines is 3. The number of amides is 1. The predicted molar refractivity (Wildman–Crippen MR) is 114 cm³/mol. The lowest BCUT2D eigenvalue weighted by Gasteiger charge is -2.13. The third-order valence-corrected chi connectivity index (χ3v) is 4.56. The highest BCUT2D eigenvalue weighted by Gasteiger charge is 2.13. The van der Waals surface area contributed by atoms with E-state index >= 15 is 0 Å². The summed E-state index contributed by atoms with van der Waals surface area (Å²) >= 11 is 0. The number of aromatic nitrogens is 2. The van der Waals surface area contributed by atoms with E-state index in [4.69, 9.17) is 9.92 Å². The van der Waals surface area contributed by atoms with Crippen LogP contribution in [0.15, 0.2) is 48.7 Å². The monoisotopic (exact) mass is 445 g/mol. The molecule has 0 aliphatic carbocycles. The summed E-state index contributed by atoms with van der Waals surface area (Å²) in [6.45, 7) is 1.90. The van der Waals surface area contributed by atoms with Crippen LogP contribution in [0.25, 0.3) is 0 Å². The van der Waals surface area contributed by atoms with Crippen molar-refractivity contribution in [2.45, 2.75) is 13.5 Å². The van der Waals surface area contributed by atoms with Gasteiger partial charge in [0.2, 0.25) is 5.95 Å². The zero-order valence-electron chi connectivity index (χ0n) is 16.7. The summed E-state index contributed by atoms with van der Waals surface area (Å²) in [5.41, 5.74) is 7.28. The van der Waals surface area contributed by atoms with Gasteiger partial charge in [-0.3, -0.25) is 4.79 Å². The third-order valence-electron chi connectivity index (χ3n) is 4.08. The van der Waals surface area contributed by atoms with Crippen molar-refractivity contribution in [1.29, 1.82) is 0 Å². The summed E-state index contributed by atoms with van der Waals surface area (Å²) in [6.07, 6.45) is 2.24. The van der Waals surface area contributed by atoms with Gasteiger partial charge < -0.3 is 20.6 Å². The lowest BCUT2D eigenvalue weighted by molar-refractivity contribution is 0.100. The van der Waals surface area contributed by atoms with E-state index in [0.717, 1.165) is 6.26 Å². The number of rotatable bonds is 8. The molecule has 162 valence electrons. The van der Waals surface area contributed by atoms with E-state index < -0.39 is 16.0 Å². The lowest BCUT2D eigenvalue weighted by atomic mass is 10.2. The molecule has 1 aromatic heterocycles. The number of benzene rings is 2. The maximum Gasteiger partial charge on any atom is 0.306 e. The Hall–Kier alpha value is -3.73. The molecule has 1 amide bonds. The summed E-state index contributed by atoms with van der Waals surface area (Å²) in [4.78, 5) is 20.1. The summed E-state index contributed by atoms with van der Waals surface area (Å²) in [6, 6.07) is 10.8. The van der Waals surface area contributed by atoms with Crippen LogP contribution in [0.3, 0.4) is 0 Å². The quantitative estimate of drug-likeness (QED) is 0.450. The SMILES string of the molecule is Cc1cc(Nc2ncc(C(N)=O)c(NCc3cccc(F)c3)n2)ccc1OS(C)(=O)=O. The van der Waals surface area contributed by atoms with Gasteiger partial charge in [0.15, 0.2) is 0 Å². The molecular weight excluding hydrogens is 425 g/mol. The van der Waals surface area contributed by atoms with Gasteiger partial charge in [-0.2, -0.15) is 13.4 Å². The second kappa shape index (κ2) is 8.96. The number of carbonyl (C=O) groups excluding carboxylic acids is 1. The van der Waals surface area contributed by atoms with E-state index in [1.54, 1.807) is 31.2 Å². The van der Waals surface area contributed by atoms with Gasteiger partial charge in [-0.1, -0.05) is 12.1 Å². The molecule has 0 aliphatic heterocycles. The zero-order valence-corrected chi connectivity index (χ0v) is 17.5. The van der Waals surface area contributed by atoms with Crippen molar-refractivity contribution in [2.24, 2.45) is 5.73 Å². The molecule has 0 aliphatic rings. The smallest absolute Gasteiger partial charge is 0.306 e. The summed E-state index contributed by atoms with van der Waals surface area (Å²) in [5.74, 6) is -0.536. The normalized spacial score (nSPS) is 11.1. The van der Waals surface area contributed by atoms with Crippen LogP contribution < -0.4 is 20.6 Å². The molecule has 3 rings (SSSR count). The largest absolute Gasteiger partial charge is 0.382 e. The molecule has 31 heavy (non-hydrogen) atoms. The first-order valence-corrected chi connectivity index (χ1v) is 10.8. The van der Waals surface area contributed by atoms with Gasteiger partial charge in [-0.05, 0) is 48.4 Å². The fraction of sp³-hybridized carbons (Fsp3) is 0.150. The number of nitrogens with one attached hydrogen (secondary N) is 2. The van der Waals surface area contributed by atoms with Crippen molar-refractivity contribution in [3.05, 3.63) is 71.2 Å². The fourth-order valence-corrected chi connectivity index (χ4v) is 3.22. The van der Waals surface area contributed by atoms with E-state index in [0.29, 0.717) is 16.8 Å². The van der Waals surface area contributed by atoms with Crippen LogP contribution in [0, 0.1) is 12.7 Å². The average molecular weight is 445 g/mol. The molecule has 1 heterocycles. The van der Waals surface area contributed by atoms with E-state index in [2.05, 4.69) is 20.6 Å². The third kappa shape index (κ3) is 6.12. The number of halogens is 1. The van der Waals surface area contributed by atoms with E-state index in [-0.39, 0.29) is 35.4 Å². The van der Waals surface area contributed by atoms with Crippen molar-refractivity contribution < 1.29 is 21.8 Å². The maximum atomic E-state index is 13.4. The molecule has 0 bridgehead atoms. The van der Waals surface area contributed by atoms with E-state index in [1.165, 1.54) is 24.4 Å². The number of nitrogens with two attached hydrogens (primary N) is 1. The molecule has 2 aromatic carbocycles. The molecule has 0 spiro atoms. The van der Waals surface area contributed by atoms with Crippen LogP contribution >= 0.6 is 0 Å². The number of aryl methyl sites for hydroxylation is 1. The minimum atomic E-state index is -3.64. The minimum absolute atomic E-state index is 0.0787. The van der Waals surface area contributed by atoms with Crippen LogP contribution in [0.4, 0.5) is 21.8 Å². The molecule has 0 saturated heterocycles. The van der Waals surface area contributed by atoms with Crippen LogP contribution in [0.1, 0.15) is 21.5 Å². The number of nitrogens with zero attached hydrogens (tertiary/aromatic N) is 2. The summed E-state index contributed by atoms with van der Waals surface area (Å²) < 4.78 is 40.9. The summed E-state index contributed by atoms with van der Waals surface area (Å²) in [7, 11) is -3.64. The van der Waals surface area contributed by atoms with Crippen LogP contribution in [0.2, 0.25) is 0 Å². The topological polar surface area (TPSA) is 136 Å². The van der Waals surface area contributed by atoms with Crippen LogP contribution in [0.5, 0.6) is 5.75 Å². The highest BCUT2D eigenvalue weighted by Crippen LogP contribution is 2.25. The van der Waals surface area contributed by atoms with E-state index in [9.17, 15) is 17.6 Å². The van der Waals surface area contributed by atoms with Gasteiger partial charge in [-0.25, -0.2) is 9.37 Å². The van der Waals surface area contributed by atoms with Crippen molar-refractivity contribution in [1.82, 2.24) is 9.97 Å². The highest BCUT2D eigenvalue weighted by atomic mass is 32.2. The Morgan fingerprint density at radius 3 is 2.65 bits per heavy atom. The van der Waals surface area contributed by atoms with Gasteiger partial charge in [0.1, 0.15) is 17.4 Å². The van der Waals surface area contributed by atoms with Gasteiger partial charge >= 0.3 is 10.1 Å². The Morgan fingerprint density at radius 2 is 2.00 bits per heavy atom. The Labute approximate surface area is 178 Å². The van der Waals surface area contributed by atoms with Crippen LogP contribution in [-0.2, 0) is 16.7 Å². The molecule has 0 unspecified atom stereocenters. The first-order valence-electron chi connectivity index (χ1n) is 9.03. The Kier molecular flexibility index (Phi) is 6.35. The molecule has 0 saturated carbocycles. The first-order chi connectivity index (χ1) is 14.6. The molecular formula is C20H20FN5O4S. The fourth-order valence-electron chi connectivity index (χ4n) is 2.70. The molecule has 0 radical (unpaired) electrons. The summed E-state index contributed by atoms with van der Waals surface area (Å²) in [5, 5.41) is 5.93. The number of hydrogen-bond acceptors (Lipinski definition) is 8.